The van der Waals surface area contributed by atoms with Crippen molar-refractivity contribution in [3.05, 3.63) is 71.4 Å². The summed E-state index contributed by atoms with van der Waals surface area (Å²) in [7, 11) is -3.20. The third kappa shape index (κ3) is 3.99. The second-order valence-corrected chi connectivity index (χ2v) is 8.61. The molecule has 0 saturated carbocycles. The standard InChI is InChI=1S/C20H21NO3S/c1-3-25(23,24)19-7-4-15(5-8-19)12-18(22)13-16-6-9-20-17(11-16)10-14(2)21-20/h4-9,11,21H,2-3,10,12-13H2,1H3. The van der Waals surface area contributed by atoms with Crippen LogP contribution in [0, 0.1) is 0 Å². The summed E-state index contributed by atoms with van der Waals surface area (Å²) in [4.78, 5) is 12.6. The molecule has 0 atom stereocenters. The van der Waals surface area contributed by atoms with Gasteiger partial charge >= 0.3 is 0 Å². The fraction of sp³-hybridized carbons (Fsp3) is 0.250. The van der Waals surface area contributed by atoms with E-state index in [0.29, 0.717) is 17.7 Å². The Hall–Kier alpha value is -2.40. The van der Waals surface area contributed by atoms with E-state index >= 15 is 0 Å². The summed E-state index contributed by atoms with van der Waals surface area (Å²) >= 11 is 0. The number of allylic oxidation sites excluding steroid dienone is 1. The lowest BCUT2D eigenvalue weighted by Gasteiger charge is -2.06. The second-order valence-electron chi connectivity index (χ2n) is 6.34. The minimum absolute atomic E-state index is 0.0743. The van der Waals surface area contributed by atoms with E-state index < -0.39 is 9.84 Å². The van der Waals surface area contributed by atoms with Crippen LogP contribution in [0.5, 0.6) is 0 Å². The topological polar surface area (TPSA) is 63.2 Å². The molecule has 3 rings (SSSR count). The van der Waals surface area contributed by atoms with Gasteiger partial charge in [-0.25, -0.2) is 8.42 Å². The van der Waals surface area contributed by atoms with Gasteiger partial charge in [0.05, 0.1) is 10.6 Å². The molecule has 0 aliphatic carbocycles. The van der Waals surface area contributed by atoms with Gasteiger partial charge in [-0.05, 0) is 34.9 Å². The molecule has 0 unspecified atom stereocenters. The van der Waals surface area contributed by atoms with Gasteiger partial charge in [0.2, 0.25) is 0 Å². The van der Waals surface area contributed by atoms with Crippen molar-refractivity contribution in [2.75, 3.05) is 11.1 Å². The van der Waals surface area contributed by atoms with Crippen LogP contribution in [0.3, 0.4) is 0 Å². The Balaban J connectivity index is 1.65. The molecule has 130 valence electrons. The summed E-state index contributed by atoms with van der Waals surface area (Å²) in [5.41, 5.74) is 5.03. The molecule has 1 aliphatic heterocycles. The lowest BCUT2D eigenvalue weighted by Crippen LogP contribution is -2.08. The Bertz CT molecular complexity index is 928. The molecule has 1 N–H and O–H groups in total. The van der Waals surface area contributed by atoms with Gasteiger partial charge in [-0.3, -0.25) is 4.79 Å². The first-order valence-electron chi connectivity index (χ1n) is 8.27. The van der Waals surface area contributed by atoms with E-state index in [4.69, 9.17) is 0 Å². The molecule has 4 nitrogen and oxygen atoms in total. The maximum absolute atomic E-state index is 12.3. The van der Waals surface area contributed by atoms with Crippen LogP contribution in [0.15, 0.2) is 59.6 Å². The van der Waals surface area contributed by atoms with E-state index in [1.807, 2.05) is 12.1 Å². The fourth-order valence-electron chi connectivity index (χ4n) is 2.99. The van der Waals surface area contributed by atoms with Crippen molar-refractivity contribution in [1.82, 2.24) is 0 Å². The summed E-state index contributed by atoms with van der Waals surface area (Å²) in [5.74, 6) is 0.182. The first-order chi connectivity index (χ1) is 11.9. The number of rotatable bonds is 6. The van der Waals surface area contributed by atoms with Crippen molar-refractivity contribution in [3.8, 4) is 0 Å². The normalized spacial score (nSPS) is 13.4. The first-order valence-corrected chi connectivity index (χ1v) is 9.92. The van der Waals surface area contributed by atoms with E-state index in [2.05, 4.69) is 18.0 Å². The lowest BCUT2D eigenvalue weighted by molar-refractivity contribution is -0.117. The number of nitrogens with one attached hydrogen (secondary N) is 1. The molecule has 0 spiro atoms. The lowest BCUT2D eigenvalue weighted by atomic mass is 10.0. The highest BCUT2D eigenvalue weighted by molar-refractivity contribution is 7.91. The quantitative estimate of drug-likeness (QED) is 0.863. The number of fused-ring (bicyclic) bond motifs is 1. The summed E-state index contributed by atoms with van der Waals surface area (Å²) in [6.45, 7) is 5.54. The van der Waals surface area contributed by atoms with Crippen LogP contribution in [0.25, 0.3) is 0 Å². The summed E-state index contributed by atoms with van der Waals surface area (Å²) < 4.78 is 23.6. The predicted molar refractivity (Wildman–Crippen MR) is 99.5 cm³/mol. The number of benzene rings is 2. The molecule has 0 saturated heterocycles. The van der Waals surface area contributed by atoms with Crippen LogP contribution in [0.2, 0.25) is 0 Å². The van der Waals surface area contributed by atoms with Crippen molar-refractivity contribution in [2.45, 2.75) is 31.1 Å². The number of carbonyl (C=O) groups is 1. The zero-order chi connectivity index (χ0) is 18.0. The molecule has 0 bridgehead atoms. The number of ketones is 1. The third-order valence-corrected chi connectivity index (χ3v) is 6.10. The van der Waals surface area contributed by atoms with Gasteiger partial charge in [0.1, 0.15) is 5.78 Å². The molecule has 5 heteroatoms. The van der Waals surface area contributed by atoms with E-state index in [-0.39, 0.29) is 11.5 Å². The minimum atomic E-state index is -3.20. The predicted octanol–water partition coefficient (Wildman–Crippen LogP) is 3.32. The first kappa shape index (κ1) is 17.4. The molecule has 2 aromatic carbocycles. The van der Waals surface area contributed by atoms with Crippen LogP contribution in [0.4, 0.5) is 5.69 Å². The van der Waals surface area contributed by atoms with Gasteiger partial charge in [0, 0.05) is 30.6 Å². The van der Waals surface area contributed by atoms with Gasteiger partial charge in [-0.2, -0.15) is 0 Å². The van der Waals surface area contributed by atoms with E-state index in [1.54, 1.807) is 31.2 Å². The average molecular weight is 355 g/mol. The van der Waals surface area contributed by atoms with Crippen molar-refractivity contribution in [1.29, 1.82) is 0 Å². The Morgan fingerprint density at radius 3 is 2.40 bits per heavy atom. The van der Waals surface area contributed by atoms with E-state index in [0.717, 1.165) is 28.9 Å². The largest absolute Gasteiger partial charge is 0.359 e. The number of hydrogen-bond donors (Lipinski definition) is 1. The molecular weight excluding hydrogens is 334 g/mol. The zero-order valence-corrected chi connectivity index (χ0v) is 15.0. The molecule has 0 amide bonds. The summed E-state index contributed by atoms with van der Waals surface area (Å²) in [6, 6.07) is 12.6. The smallest absolute Gasteiger partial charge is 0.178 e. The monoisotopic (exact) mass is 355 g/mol. The van der Waals surface area contributed by atoms with Gasteiger partial charge in [0.15, 0.2) is 9.84 Å². The van der Waals surface area contributed by atoms with Crippen LogP contribution in [-0.4, -0.2) is 20.0 Å². The zero-order valence-electron chi connectivity index (χ0n) is 14.2. The highest BCUT2D eigenvalue weighted by Crippen LogP contribution is 2.28. The summed E-state index contributed by atoms with van der Waals surface area (Å²) in [6.07, 6.45) is 1.47. The Morgan fingerprint density at radius 1 is 1.08 bits per heavy atom. The highest BCUT2D eigenvalue weighted by atomic mass is 32.2. The SMILES string of the molecule is C=C1Cc2cc(CC(=O)Cc3ccc(S(=O)(=O)CC)cc3)ccc2N1. The number of hydrogen-bond acceptors (Lipinski definition) is 4. The molecule has 1 aliphatic rings. The highest BCUT2D eigenvalue weighted by Gasteiger charge is 2.15. The van der Waals surface area contributed by atoms with Crippen LogP contribution < -0.4 is 5.32 Å². The van der Waals surface area contributed by atoms with E-state index in [1.165, 1.54) is 5.56 Å². The molecular formula is C20H21NO3S. The fourth-order valence-corrected chi connectivity index (χ4v) is 3.87. The van der Waals surface area contributed by atoms with Crippen LogP contribution >= 0.6 is 0 Å². The van der Waals surface area contributed by atoms with Crippen LogP contribution in [0.1, 0.15) is 23.6 Å². The van der Waals surface area contributed by atoms with Crippen molar-refractivity contribution in [2.24, 2.45) is 0 Å². The molecule has 0 fully saturated rings. The Kier molecular flexibility index (Phi) is 4.77. The molecule has 1 heterocycles. The minimum Gasteiger partial charge on any atom is -0.359 e. The third-order valence-electron chi connectivity index (χ3n) is 4.35. The number of Topliss-reactive ketones (excluding diaryl/α,β-unsaturated/α-hetero) is 1. The van der Waals surface area contributed by atoms with Crippen molar-refractivity contribution in [3.63, 3.8) is 0 Å². The van der Waals surface area contributed by atoms with E-state index in [9.17, 15) is 13.2 Å². The van der Waals surface area contributed by atoms with Crippen molar-refractivity contribution >= 4 is 21.3 Å². The molecule has 0 aromatic heterocycles. The van der Waals surface area contributed by atoms with Crippen LogP contribution in [-0.2, 0) is 33.9 Å². The van der Waals surface area contributed by atoms with Gasteiger partial charge < -0.3 is 5.32 Å². The maximum Gasteiger partial charge on any atom is 0.178 e. The molecule has 2 aromatic rings. The summed E-state index contributed by atoms with van der Waals surface area (Å²) in [5, 5.41) is 3.21. The van der Waals surface area contributed by atoms with Crippen molar-refractivity contribution < 1.29 is 13.2 Å². The Labute approximate surface area is 148 Å². The number of anilines is 1. The average Bonchev–Trinajstić information content (AvgIpc) is 2.94. The molecule has 25 heavy (non-hydrogen) atoms. The van der Waals surface area contributed by atoms with Gasteiger partial charge in [-0.1, -0.05) is 37.8 Å². The number of carbonyl (C=O) groups excluding carboxylic acids is 1. The maximum atomic E-state index is 12.3. The van der Waals surface area contributed by atoms with Gasteiger partial charge in [0.25, 0.3) is 0 Å². The molecule has 0 radical (unpaired) electrons. The Morgan fingerprint density at radius 2 is 1.72 bits per heavy atom. The number of sulfone groups is 1. The van der Waals surface area contributed by atoms with Gasteiger partial charge in [-0.15, -0.1) is 0 Å². The second kappa shape index (κ2) is 6.84.